The maximum Gasteiger partial charge on any atom is 0.319 e. The van der Waals surface area contributed by atoms with E-state index in [1.54, 1.807) is 43.6 Å². The highest BCUT2D eigenvalue weighted by atomic mass is 35.5. The largest absolute Gasteiger partial charge is 0.480 e. The van der Waals surface area contributed by atoms with Gasteiger partial charge in [0.2, 0.25) is 5.88 Å². The molecule has 1 aliphatic rings. The van der Waals surface area contributed by atoms with Gasteiger partial charge in [0, 0.05) is 31.6 Å². The van der Waals surface area contributed by atoms with Crippen LogP contribution in [0.1, 0.15) is 40.8 Å². The molecule has 40 heavy (non-hydrogen) atoms. The van der Waals surface area contributed by atoms with E-state index in [9.17, 15) is 9.59 Å². The fourth-order valence-corrected chi connectivity index (χ4v) is 5.30. The van der Waals surface area contributed by atoms with Crippen LogP contribution in [0.2, 0.25) is 10.0 Å². The summed E-state index contributed by atoms with van der Waals surface area (Å²) in [7, 11) is 6.12. The second kappa shape index (κ2) is 10.9. The first-order valence-electron chi connectivity index (χ1n) is 12.2. The molecule has 208 valence electrons. The average molecular weight is 585 g/mol. The molecule has 0 radical (unpaired) electrons. The van der Waals surface area contributed by atoms with Crippen molar-refractivity contribution in [3.8, 4) is 23.3 Å². The minimum Gasteiger partial charge on any atom is -0.480 e. The number of carbonyl (C=O) groups excluding carboxylic acids is 1. The Morgan fingerprint density at radius 1 is 1.05 bits per heavy atom. The van der Waals surface area contributed by atoms with Crippen molar-refractivity contribution in [3.05, 3.63) is 80.1 Å². The normalized spacial score (nSPS) is 15.3. The second-order valence-electron chi connectivity index (χ2n) is 9.21. The molecular formula is C27H26Cl2N6O5. The third-order valence-electron chi connectivity index (χ3n) is 6.67. The van der Waals surface area contributed by atoms with Gasteiger partial charge in [-0.05, 0) is 30.7 Å². The van der Waals surface area contributed by atoms with Gasteiger partial charge in [0.25, 0.3) is 11.5 Å². The first kappa shape index (κ1) is 27.6. The van der Waals surface area contributed by atoms with E-state index in [0.717, 1.165) is 5.56 Å². The van der Waals surface area contributed by atoms with Crippen LogP contribution in [0.15, 0.2) is 47.5 Å². The summed E-state index contributed by atoms with van der Waals surface area (Å²) in [6.07, 6.45) is 3.12. The number of hydrogen-bond acceptors (Lipinski definition) is 8. The number of hydrogen-bond donors (Lipinski definition) is 0. The van der Waals surface area contributed by atoms with E-state index >= 15 is 0 Å². The molecular weight excluding hydrogens is 559 g/mol. The van der Waals surface area contributed by atoms with E-state index in [1.165, 1.54) is 24.9 Å². The lowest BCUT2D eigenvalue weighted by atomic mass is 10.0. The van der Waals surface area contributed by atoms with Gasteiger partial charge in [0.15, 0.2) is 5.69 Å². The number of pyridine rings is 1. The first-order chi connectivity index (χ1) is 19.2. The number of imidazole rings is 1. The van der Waals surface area contributed by atoms with Crippen LogP contribution in [0, 0.1) is 0 Å². The van der Waals surface area contributed by atoms with E-state index in [4.69, 9.17) is 42.4 Å². The molecule has 3 aromatic heterocycles. The molecule has 13 heteroatoms. The monoisotopic (exact) mass is 584 g/mol. The smallest absolute Gasteiger partial charge is 0.319 e. The van der Waals surface area contributed by atoms with Crippen molar-refractivity contribution < 1.29 is 19.0 Å². The van der Waals surface area contributed by atoms with Crippen molar-refractivity contribution in [3.63, 3.8) is 0 Å². The number of ether oxygens (including phenoxy) is 3. The Hall–Kier alpha value is -3.93. The van der Waals surface area contributed by atoms with Crippen molar-refractivity contribution in [2.24, 2.45) is 7.05 Å². The van der Waals surface area contributed by atoms with Crippen molar-refractivity contribution in [1.29, 1.82) is 0 Å². The van der Waals surface area contributed by atoms with Gasteiger partial charge in [-0.2, -0.15) is 4.98 Å². The predicted molar refractivity (Wildman–Crippen MR) is 150 cm³/mol. The Bertz CT molecular complexity index is 1630. The van der Waals surface area contributed by atoms with Crippen LogP contribution in [0.4, 0.5) is 5.69 Å². The maximum atomic E-state index is 14.2. The van der Waals surface area contributed by atoms with Gasteiger partial charge in [0.05, 0.1) is 43.8 Å². The molecule has 0 saturated heterocycles. The van der Waals surface area contributed by atoms with E-state index in [0.29, 0.717) is 34.4 Å². The molecule has 1 aliphatic heterocycles. The van der Waals surface area contributed by atoms with Gasteiger partial charge < -0.3 is 23.3 Å². The molecule has 0 spiro atoms. The van der Waals surface area contributed by atoms with Gasteiger partial charge in [-0.3, -0.25) is 14.5 Å². The third-order valence-corrected chi connectivity index (χ3v) is 7.20. The molecule has 0 bridgehead atoms. The molecule has 1 unspecified atom stereocenters. The third kappa shape index (κ3) is 4.59. The lowest BCUT2D eigenvalue weighted by Gasteiger charge is -2.29. The van der Waals surface area contributed by atoms with Crippen LogP contribution in [0.25, 0.3) is 11.4 Å². The Morgan fingerprint density at radius 3 is 2.40 bits per heavy atom. The number of carbonyl (C=O) groups is 1. The van der Waals surface area contributed by atoms with Crippen molar-refractivity contribution in [2.45, 2.75) is 19.0 Å². The summed E-state index contributed by atoms with van der Waals surface area (Å²) in [6.45, 7) is 2.28. The second-order valence-corrected chi connectivity index (χ2v) is 10.1. The Labute approximate surface area is 239 Å². The minimum absolute atomic E-state index is 0.0105. The number of halogens is 2. The summed E-state index contributed by atoms with van der Waals surface area (Å²) in [5.74, 6) is 0.292. The van der Waals surface area contributed by atoms with Crippen molar-refractivity contribution in [1.82, 2.24) is 24.1 Å². The van der Waals surface area contributed by atoms with Crippen LogP contribution < -0.4 is 19.9 Å². The summed E-state index contributed by atoms with van der Waals surface area (Å²) >= 11 is 12.5. The van der Waals surface area contributed by atoms with Gasteiger partial charge in [-0.25, -0.2) is 9.97 Å². The maximum absolute atomic E-state index is 14.2. The van der Waals surface area contributed by atoms with Gasteiger partial charge >= 0.3 is 6.01 Å². The average Bonchev–Trinajstić information content (AvgIpc) is 3.46. The van der Waals surface area contributed by atoms with Gasteiger partial charge in [0.1, 0.15) is 16.9 Å². The number of fused-ring (bicyclic) bond motifs is 1. The quantitative estimate of drug-likeness (QED) is 0.301. The predicted octanol–water partition coefficient (Wildman–Crippen LogP) is 4.32. The Balaban J connectivity index is 1.80. The van der Waals surface area contributed by atoms with Crippen LogP contribution in [0.3, 0.4) is 0 Å². The first-order valence-corrected chi connectivity index (χ1v) is 13.0. The molecule has 0 aliphatic carbocycles. The zero-order chi connectivity index (χ0) is 28.7. The summed E-state index contributed by atoms with van der Waals surface area (Å²) in [4.78, 5) is 41.5. The van der Waals surface area contributed by atoms with Crippen molar-refractivity contribution in [2.75, 3.05) is 32.8 Å². The summed E-state index contributed by atoms with van der Waals surface area (Å²) in [5, 5.41) is 0.538. The van der Waals surface area contributed by atoms with Gasteiger partial charge in [-0.15, -0.1) is 0 Å². The number of benzene rings is 1. The van der Waals surface area contributed by atoms with E-state index in [2.05, 4.69) is 9.97 Å². The van der Waals surface area contributed by atoms with E-state index in [1.807, 2.05) is 23.6 Å². The SMILES string of the molecule is COC[C@@H](C)n1c(-c2cnc(OC)nc2OC)nc2c1C(c1ccc(Cl)cc1)N(c1cc(Cl)c(=O)n(C)c1)C2=O. The highest BCUT2D eigenvalue weighted by molar-refractivity contribution is 6.31. The molecule has 0 fully saturated rings. The number of rotatable bonds is 8. The number of amides is 1. The van der Waals surface area contributed by atoms with Crippen LogP contribution in [0.5, 0.6) is 11.9 Å². The highest BCUT2D eigenvalue weighted by Crippen LogP contribution is 2.45. The van der Waals surface area contributed by atoms with Gasteiger partial charge in [-0.1, -0.05) is 35.3 Å². The topological polar surface area (TPSA) is 114 Å². The number of nitrogens with zero attached hydrogens (tertiary/aromatic N) is 6. The van der Waals surface area contributed by atoms with Crippen LogP contribution in [-0.4, -0.2) is 57.9 Å². The molecule has 2 atom stereocenters. The van der Waals surface area contributed by atoms with E-state index in [-0.39, 0.29) is 40.1 Å². The zero-order valence-corrected chi connectivity index (χ0v) is 23.9. The molecule has 1 amide bonds. The number of anilines is 1. The molecule has 1 aromatic carbocycles. The molecule has 4 aromatic rings. The summed E-state index contributed by atoms with van der Waals surface area (Å²) < 4.78 is 19.5. The molecule has 11 nitrogen and oxygen atoms in total. The zero-order valence-electron chi connectivity index (χ0n) is 22.4. The minimum atomic E-state index is -0.640. The fourth-order valence-electron chi connectivity index (χ4n) is 4.93. The Morgan fingerprint density at radius 2 is 1.77 bits per heavy atom. The Kier molecular flexibility index (Phi) is 7.54. The summed E-state index contributed by atoms with van der Waals surface area (Å²) in [6, 6.07) is 7.91. The lowest BCUT2D eigenvalue weighted by Crippen LogP contribution is -2.32. The number of aromatic nitrogens is 5. The standard InChI is InChI=1S/C27H26Cl2N6O5/c1-14(13-38-3)34-22-20(31-23(34)18-11-30-27(40-5)32-24(18)39-4)26(37)35(17-10-19(29)25(36)33(2)12-17)21(22)15-6-8-16(28)9-7-15/h6-12,14,21H,13H2,1-5H3/t14-,21?/m1/s1. The number of aryl methyl sites for hydroxylation is 1. The molecule has 5 rings (SSSR count). The summed E-state index contributed by atoms with van der Waals surface area (Å²) in [5.41, 5.74) is 2.16. The van der Waals surface area contributed by atoms with Crippen LogP contribution >= 0.6 is 23.2 Å². The highest BCUT2D eigenvalue weighted by Gasteiger charge is 2.45. The lowest BCUT2D eigenvalue weighted by molar-refractivity contribution is 0.0989. The fraction of sp³-hybridized carbons (Fsp3) is 0.296. The molecule has 0 saturated carbocycles. The van der Waals surface area contributed by atoms with E-state index < -0.39 is 6.04 Å². The molecule has 4 heterocycles. The van der Waals surface area contributed by atoms with Crippen LogP contribution in [-0.2, 0) is 11.8 Å². The number of methoxy groups -OCH3 is 3. The molecule has 0 N–H and O–H groups in total. The van der Waals surface area contributed by atoms with Crippen molar-refractivity contribution >= 4 is 34.8 Å².